The summed E-state index contributed by atoms with van der Waals surface area (Å²) in [5.74, 6) is -0.0880. The van der Waals surface area contributed by atoms with E-state index in [0.29, 0.717) is 6.42 Å². The molecule has 0 aromatic rings. The third-order valence-electron chi connectivity index (χ3n) is 11.0. The maximum absolute atomic E-state index is 12.4. The van der Waals surface area contributed by atoms with E-state index in [9.17, 15) is 15.0 Å². The molecule has 0 aliphatic carbocycles. The highest BCUT2D eigenvalue weighted by molar-refractivity contribution is 5.76. The normalized spacial score (nSPS) is 13.3. The fraction of sp³-hybridized carbons (Fsp3) is 0.824. The summed E-state index contributed by atoms with van der Waals surface area (Å²) < 4.78 is 0. The maximum Gasteiger partial charge on any atom is 0.220 e. The SMILES string of the molecule is CCCC/C=C\C/C=C\CCCCCCCC(=O)NC(CO)C(O)/C=C/CC/C=C/CCCCCCCCCCCCCCCCCCCCCCCCC. The number of aliphatic hydroxyl groups excluding tert-OH is 2. The van der Waals surface area contributed by atoms with E-state index in [-0.39, 0.29) is 12.5 Å². The summed E-state index contributed by atoms with van der Waals surface area (Å²) in [4.78, 5) is 12.4. The van der Waals surface area contributed by atoms with Gasteiger partial charge in [-0.1, -0.05) is 236 Å². The van der Waals surface area contributed by atoms with E-state index in [4.69, 9.17) is 0 Å². The summed E-state index contributed by atoms with van der Waals surface area (Å²) in [7, 11) is 0. The van der Waals surface area contributed by atoms with Crippen molar-refractivity contribution < 1.29 is 15.0 Å². The Balaban J connectivity index is 3.54. The second-order valence-electron chi connectivity index (χ2n) is 16.5. The predicted molar refractivity (Wildman–Crippen MR) is 244 cm³/mol. The van der Waals surface area contributed by atoms with Gasteiger partial charge >= 0.3 is 0 Å². The van der Waals surface area contributed by atoms with E-state index in [2.05, 4.69) is 55.6 Å². The number of hydrogen-bond acceptors (Lipinski definition) is 3. The zero-order valence-electron chi connectivity index (χ0n) is 36.9. The Morgan fingerprint density at radius 1 is 0.436 bits per heavy atom. The minimum Gasteiger partial charge on any atom is -0.394 e. The third-order valence-corrected chi connectivity index (χ3v) is 11.0. The van der Waals surface area contributed by atoms with Gasteiger partial charge in [0.25, 0.3) is 0 Å². The average Bonchev–Trinajstić information content (AvgIpc) is 3.19. The van der Waals surface area contributed by atoms with Crippen LogP contribution >= 0.6 is 0 Å². The van der Waals surface area contributed by atoms with Crippen LogP contribution in [0.4, 0.5) is 0 Å². The van der Waals surface area contributed by atoms with Gasteiger partial charge in [-0.2, -0.15) is 0 Å². The molecule has 0 fully saturated rings. The smallest absolute Gasteiger partial charge is 0.220 e. The molecule has 4 nitrogen and oxygen atoms in total. The molecule has 3 N–H and O–H groups in total. The van der Waals surface area contributed by atoms with E-state index >= 15 is 0 Å². The van der Waals surface area contributed by atoms with E-state index in [1.165, 1.54) is 180 Å². The average molecular weight is 770 g/mol. The lowest BCUT2D eigenvalue weighted by molar-refractivity contribution is -0.123. The number of allylic oxidation sites excluding steroid dienone is 7. The molecule has 2 unspecified atom stereocenters. The zero-order valence-corrected chi connectivity index (χ0v) is 36.9. The van der Waals surface area contributed by atoms with Gasteiger partial charge in [-0.15, -0.1) is 0 Å². The highest BCUT2D eigenvalue weighted by Gasteiger charge is 2.17. The molecule has 0 radical (unpaired) electrons. The van der Waals surface area contributed by atoms with Crippen molar-refractivity contribution in [3.05, 3.63) is 48.6 Å². The number of carbonyl (C=O) groups is 1. The van der Waals surface area contributed by atoms with Gasteiger partial charge in [-0.3, -0.25) is 4.79 Å². The van der Waals surface area contributed by atoms with Gasteiger partial charge in [-0.05, 0) is 57.8 Å². The van der Waals surface area contributed by atoms with Gasteiger partial charge in [0.1, 0.15) is 0 Å². The van der Waals surface area contributed by atoms with Crippen LogP contribution in [0.1, 0.15) is 251 Å². The summed E-state index contributed by atoms with van der Waals surface area (Å²) in [6.07, 6.45) is 63.9. The third kappa shape index (κ3) is 43.3. The molecule has 0 rings (SSSR count). The highest BCUT2D eigenvalue weighted by atomic mass is 16.3. The van der Waals surface area contributed by atoms with Crippen molar-refractivity contribution in [1.82, 2.24) is 5.32 Å². The van der Waals surface area contributed by atoms with Gasteiger partial charge in [0.2, 0.25) is 5.91 Å². The summed E-state index contributed by atoms with van der Waals surface area (Å²) in [5.41, 5.74) is 0. The van der Waals surface area contributed by atoms with Crippen LogP contribution in [-0.2, 0) is 4.79 Å². The number of unbranched alkanes of at least 4 members (excludes halogenated alkanes) is 31. The van der Waals surface area contributed by atoms with Crippen molar-refractivity contribution in [3.63, 3.8) is 0 Å². The van der Waals surface area contributed by atoms with Crippen LogP contribution in [0.15, 0.2) is 48.6 Å². The van der Waals surface area contributed by atoms with Crippen LogP contribution in [0.2, 0.25) is 0 Å². The summed E-state index contributed by atoms with van der Waals surface area (Å²) in [5, 5.41) is 23.0. The van der Waals surface area contributed by atoms with Crippen LogP contribution in [0.5, 0.6) is 0 Å². The Morgan fingerprint density at radius 2 is 0.782 bits per heavy atom. The Bertz CT molecular complexity index is 877. The molecule has 1 amide bonds. The lowest BCUT2D eigenvalue weighted by Crippen LogP contribution is -2.45. The molecule has 0 saturated carbocycles. The molecule has 0 bridgehead atoms. The van der Waals surface area contributed by atoms with Crippen molar-refractivity contribution >= 4 is 5.91 Å². The maximum atomic E-state index is 12.4. The summed E-state index contributed by atoms with van der Waals surface area (Å²) >= 11 is 0. The summed E-state index contributed by atoms with van der Waals surface area (Å²) in [6.45, 7) is 4.26. The molecule has 0 aliphatic heterocycles. The molecule has 55 heavy (non-hydrogen) atoms. The Hall–Kier alpha value is -1.65. The Labute approximate surface area is 344 Å². The topological polar surface area (TPSA) is 69.6 Å². The number of aliphatic hydroxyl groups is 2. The number of hydrogen-bond donors (Lipinski definition) is 3. The van der Waals surface area contributed by atoms with Crippen LogP contribution in [0.25, 0.3) is 0 Å². The standard InChI is InChI=1S/C51H95NO3/c1-3-5-7-9-11-13-15-17-19-20-21-22-23-24-25-26-27-28-29-30-31-32-33-34-36-38-40-42-44-46-50(54)49(48-53)52-51(55)47-45-43-41-39-37-35-18-16-14-12-10-8-6-4-2/h10,12,16,18,36,38,44,46,49-50,53-54H,3-9,11,13-15,17,19-35,37,39-43,45,47-48H2,1-2H3,(H,52,55)/b12-10-,18-16-,38-36+,46-44+. The molecular weight excluding hydrogens is 675 g/mol. The molecular formula is C51H95NO3. The van der Waals surface area contributed by atoms with Crippen molar-refractivity contribution in [2.45, 2.75) is 264 Å². The lowest BCUT2D eigenvalue weighted by atomic mass is 10.0. The predicted octanol–water partition coefficient (Wildman–Crippen LogP) is 15.5. The first kappa shape index (κ1) is 53.4. The minimum atomic E-state index is -0.869. The molecule has 0 aliphatic rings. The first-order valence-corrected chi connectivity index (χ1v) is 24.4. The van der Waals surface area contributed by atoms with Crippen molar-refractivity contribution in [1.29, 1.82) is 0 Å². The lowest BCUT2D eigenvalue weighted by Gasteiger charge is -2.19. The zero-order chi connectivity index (χ0) is 40.0. The van der Waals surface area contributed by atoms with E-state index < -0.39 is 12.1 Å². The molecule has 0 aromatic carbocycles. The van der Waals surface area contributed by atoms with Crippen molar-refractivity contribution in [2.75, 3.05) is 6.61 Å². The summed E-state index contributed by atoms with van der Waals surface area (Å²) in [6, 6.07) is -0.647. The first-order valence-electron chi connectivity index (χ1n) is 24.4. The molecule has 4 heteroatoms. The first-order chi connectivity index (χ1) is 27.2. The molecule has 322 valence electrons. The molecule has 0 saturated heterocycles. The quantitative estimate of drug-likeness (QED) is 0.0427. The number of carbonyl (C=O) groups excluding carboxylic acids is 1. The highest BCUT2D eigenvalue weighted by Crippen LogP contribution is 2.16. The van der Waals surface area contributed by atoms with Crippen LogP contribution in [0, 0.1) is 0 Å². The van der Waals surface area contributed by atoms with Crippen molar-refractivity contribution in [2.24, 2.45) is 0 Å². The second-order valence-corrected chi connectivity index (χ2v) is 16.5. The van der Waals surface area contributed by atoms with Crippen LogP contribution < -0.4 is 5.32 Å². The van der Waals surface area contributed by atoms with Crippen molar-refractivity contribution in [3.8, 4) is 0 Å². The van der Waals surface area contributed by atoms with E-state index in [0.717, 1.165) is 51.4 Å². The number of nitrogens with one attached hydrogen (secondary N) is 1. The number of rotatable bonds is 44. The van der Waals surface area contributed by atoms with Gasteiger partial charge in [-0.25, -0.2) is 0 Å². The Kier molecular flexibility index (Phi) is 45.3. The molecule has 0 heterocycles. The fourth-order valence-corrected chi connectivity index (χ4v) is 7.27. The van der Waals surface area contributed by atoms with Crippen LogP contribution in [-0.4, -0.2) is 34.9 Å². The minimum absolute atomic E-state index is 0.0880. The van der Waals surface area contributed by atoms with E-state index in [1.54, 1.807) is 6.08 Å². The van der Waals surface area contributed by atoms with Gasteiger partial charge in [0.15, 0.2) is 0 Å². The van der Waals surface area contributed by atoms with Gasteiger partial charge in [0.05, 0.1) is 18.8 Å². The van der Waals surface area contributed by atoms with Gasteiger partial charge < -0.3 is 15.5 Å². The molecule has 0 spiro atoms. The number of amides is 1. The second kappa shape index (κ2) is 46.7. The monoisotopic (exact) mass is 770 g/mol. The van der Waals surface area contributed by atoms with E-state index in [1.807, 2.05) is 6.08 Å². The largest absolute Gasteiger partial charge is 0.394 e. The molecule has 0 aromatic heterocycles. The van der Waals surface area contributed by atoms with Crippen LogP contribution in [0.3, 0.4) is 0 Å². The fourth-order valence-electron chi connectivity index (χ4n) is 7.27. The Morgan fingerprint density at radius 3 is 1.22 bits per heavy atom. The van der Waals surface area contributed by atoms with Gasteiger partial charge in [0, 0.05) is 6.42 Å². The molecule has 2 atom stereocenters.